The Hall–Kier alpha value is -0.603. The van der Waals surface area contributed by atoms with E-state index in [1.165, 1.54) is 24.6 Å². The fourth-order valence-electron chi connectivity index (χ4n) is 2.19. The van der Waals surface area contributed by atoms with Crippen LogP contribution in [0.2, 0.25) is 25.7 Å². The van der Waals surface area contributed by atoms with E-state index < -0.39 is 8.07 Å². The lowest BCUT2D eigenvalue weighted by Gasteiger charge is -2.31. The van der Waals surface area contributed by atoms with Crippen molar-refractivity contribution in [3.63, 3.8) is 0 Å². The fraction of sp³-hybridized carbons (Fsp3) is 0.600. The first-order chi connectivity index (χ1) is 7.79. The summed E-state index contributed by atoms with van der Waals surface area (Å²) >= 11 is 0. The van der Waals surface area contributed by atoms with Crippen molar-refractivity contribution in [2.75, 3.05) is 20.6 Å². The Kier molecular flexibility index (Phi) is 4.96. The summed E-state index contributed by atoms with van der Waals surface area (Å²) in [7, 11) is 3.83. The van der Waals surface area contributed by atoms with Crippen LogP contribution in [0.5, 0.6) is 0 Å². The van der Waals surface area contributed by atoms with Crippen LogP contribution in [0.3, 0.4) is 0 Å². The van der Waals surface area contributed by atoms with E-state index in [1.54, 1.807) is 0 Å². The number of nitrogens with zero attached hydrogens (tertiary/aromatic N) is 1. The molecule has 96 valence electrons. The molecule has 0 bridgehead atoms. The van der Waals surface area contributed by atoms with E-state index in [1.807, 2.05) is 0 Å². The lowest BCUT2D eigenvalue weighted by molar-refractivity contribution is -0.903. The molecule has 1 rings (SSSR count). The maximum Gasteiger partial charge on any atom is 0.104 e. The van der Waals surface area contributed by atoms with Gasteiger partial charge in [-0.2, -0.15) is 0 Å². The Morgan fingerprint density at radius 3 is 2.12 bits per heavy atom. The molecule has 0 N–H and O–H groups in total. The Labute approximate surface area is 108 Å². The van der Waals surface area contributed by atoms with Crippen molar-refractivity contribution in [2.24, 2.45) is 0 Å². The van der Waals surface area contributed by atoms with Crippen LogP contribution < -0.4 is 0 Å². The molecule has 1 nitrogen and oxygen atoms in total. The average molecular weight is 250 g/mol. The van der Waals surface area contributed by atoms with Crippen molar-refractivity contribution in [3.05, 3.63) is 35.9 Å². The van der Waals surface area contributed by atoms with Crippen LogP contribution in [0.25, 0.3) is 0 Å². The largest absolute Gasteiger partial charge is 0.325 e. The van der Waals surface area contributed by atoms with Crippen molar-refractivity contribution in [1.82, 2.24) is 0 Å². The van der Waals surface area contributed by atoms with Gasteiger partial charge in [0.25, 0.3) is 0 Å². The Bertz CT molecular complexity index is 325. The van der Waals surface area contributed by atoms with Crippen molar-refractivity contribution in [2.45, 2.75) is 38.7 Å². The van der Waals surface area contributed by atoms with Gasteiger partial charge in [0.2, 0.25) is 0 Å². The van der Waals surface area contributed by atoms with Crippen molar-refractivity contribution < 1.29 is 4.48 Å². The van der Waals surface area contributed by atoms with Gasteiger partial charge in [0.1, 0.15) is 6.54 Å². The third-order valence-electron chi connectivity index (χ3n) is 3.14. The molecule has 0 saturated heterocycles. The monoisotopic (exact) mass is 250 g/mol. The molecule has 0 aliphatic rings. The molecule has 0 unspecified atom stereocenters. The van der Waals surface area contributed by atoms with Crippen LogP contribution in [0.15, 0.2) is 30.3 Å². The molecule has 2 heteroatoms. The van der Waals surface area contributed by atoms with Gasteiger partial charge in [-0.1, -0.05) is 56.0 Å². The minimum Gasteiger partial charge on any atom is -0.325 e. The summed E-state index contributed by atoms with van der Waals surface area (Å²) < 4.78 is 1.11. The van der Waals surface area contributed by atoms with Gasteiger partial charge in [0.05, 0.1) is 20.6 Å². The molecule has 0 heterocycles. The standard InChI is InChI=1S/C15H28NSi/c1-16(2,12-9-13-17(3,4)5)14-15-10-7-6-8-11-15/h6-8,10-11H,9,12-14H2,1-5H3/q+1. The highest BCUT2D eigenvalue weighted by Crippen LogP contribution is 2.15. The molecule has 0 aliphatic heterocycles. The van der Waals surface area contributed by atoms with Crippen molar-refractivity contribution in [3.8, 4) is 0 Å². The third-order valence-corrected chi connectivity index (χ3v) is 5.00. The summed E-state index contributed by atoms with van der Waals surface area (Å²) in [6, 6.07) is 12.3. The fourth-order valence-corrected chi connectivity index (χ4v) is 3.41. The van der Waals surface area contributed by atoms with Crippen LogP contribution in [0, 0.1) is 0 Å². The number of hydrogen-bond donors (Lipinski definition) is 0. The number of hydrogen-bond acceptors (Lipinski definition) is 0. The third kappa shape index (κ3) is 6.64. The molecule has 0 saturated carbocycles. The second kappa shape index (κ2) is 5.83. The van der Waals surface area contributed by atoms with E-state index in [9.17, 15) is 0 Å². The SMILES string of the molecule is C[N+](C)(CCC[Si](C)(C)C)Cc1ccccc1. The molecular formula is C15H28NSi+. The van der Waals surface area contributed by atoms with Gasteiger partial charge in [0, 0.05) is 13.6 Å². The minimum absolute atomic E-state index is 0.859. The first-order valence-electron chi connectivity index (χ1n) is 6.64. The van der Waals surface area contributed by atoms with Crippen LogP contribution in [-0.2, 0) is 6.54 Å². The molecule has 1 aromatic carbocycles. The summed E-state index contributed by atoms with van der Waals surface area (Å²) in [5, 5.41) is 0. The van der Waals surface area contributed by atoms with Gasteiger partial charge in [-0.3, -0.25) is 0 Å². The van der Waals surface area contributed by atoms with Crippen LogP contribution >= 0.6 is 0 Å². The Balaban J connectivity index is 2.41. The van der Waals surface area contributed by atoms with Crippen molar-refractivity contribution >= 4 is 8.07 Å². The zero-order valence-electron chi connectivity index (χ0n) is 12.2. The second-order valence-corrected chi connectivity index (χ2v) is 12.6. The normalized spacial score (nSPS) is 12.8. The van der Waals surface area contributed by atoms with E-state index in [2.05, 4.69) is 64.1 Å². The van der Waals surface area contributed by atoms with E-state index >= 15 is 0 Å². The topological polar surface area (TPSA) is 0 Å². The lowest BCUT2D eigenvalue weighted by atomic mass is 10.2. The molecular weight excluding hydrogens is 222 g/mol. The first-order valence-corrected chi connectivity index (χ1v) is 10.4. The molecule has 0 atom stereocenters. The maximum atomic E-state index is 2.46. The molecule has 1 aromatic rings. The highest BCUT2D eigenvalue weighted by Gasteiger charge is 2.18. The molecule has 17 heavy (non-hydrogen) atoms. The van der Waals surface area contributed by atoms with Crippen LogP contribution in [-0.4, -0.2) is 33.2 Å². The summed E-state index contributed by atoms with van der Waals surface area (Å²) in [6.45, 7) is 9.82. The highest BCUT2D eigenvalue weighted by molar-refractivity contribution is 6.76. The summed E-state index contributed by atoms with van der Waals surface area (Å²) in [5.41, 5.74) is 1.45. The van der Waals surface area contributed by atoms with Gasteiger partial charge in [0.15, 0.2) is 0 Å². The molecule has 0 amide bonds. The quantitative estimate of drug-likeness (QED) is 0.529. The van der Waals surface area contributed by atoms with Gasteiger partial charge < -0.3 is 4.48 Å². The van der Waals surface area contributed by atoms with Gasteiger partial charge in [-0.15, -0.1) is 0 Å². The maximum absolute atomic E-state index is 2.46. The van der Waals surface area contributed by atoms with Gasteiger partial charge in [-0.25, -0.2) is 0 Å². The van der Waals surface area contributed by atoms with Crippen molar-refractivity contribution in [1.29, 1.82) is 0 Å². The summed E-state index contributed by atoms with van der Waals surface area (Å²) in [4.78, 5) is 0. The Morgan fingerprint density at radius 2 is 1.59 bits per heavy atom. The zero-order chi connectivity index (χ0) is 12.9. The van der Waals surface area contributed by atoms with E-state index in [-0.39, 0.29) is 0 Å². The predicted octanol–water partition coefficient (Wildman–Crippen LogP) is 3.99. The molecule has 0 spiro atoms. The summed E-state index contributed by atoms with van der Waals surface area (Å²) in [6.07, 6.45) is 1.37. The average Bonchev–Trinajstić information content (AvgIpc) is 2.15. The van der Waals surface area contributed by atoms with E-state index in [0.717, 1.165) is 11.0 Å². The second-order valence-electron chi connectivity index (χ2n) is 6.97. The number of rotatable bonds is 6. The van der Waals surface area contributed by atoms with Crippen LogP contribution in [0.1, 0.15) is 12.0 Å². The summed E-state index contributed by atoms with van der Waals surface area (Å²) in [5.74, 6) is 0. The smallest absolute Gasteiger partial charge is 0.104 e. The van der Waals surface area contributed by atoms with Crippen LogP contribution in [0.4, 0.5) is 0 Å². The molecule has 0 radical (unpaired) electrons. The van der Waals surface area contributed by atoms with E-state index in [4.69, 9.17) is 0 Å². The first kappa shape index (κ1) is 14.5. The zero-order valence-corrected chi connectivity index (χ0v) is 13.2. The van der Waals surface area contributed by atoms with Gasteiger partial charge in [-0.05, 0) is 6.42 Å². The molecule has 0 fully saturated rings. The number of quaternary nitrogens is 1. The lowest BCUT2D eigenvalue weighted by Crippen LogP contribution is -2.40. The highest BCUT2D eigenvalue weighted by atomic mass is 28.3. The van der Waals surface area contributed by atoms with E-state index in [0.29, 0.717) is 0 Å². The minimum atomic E-state index is -0.859. The Morgan fingerprint density at radius 1 is 1.00 bits per heavy atom. The molecule has 0 aromatic heterocycles. The predicted molar refractivity (Wildman–Crippen MR) is 79.9 cm³/mol. The molecule has 0 aliphatic carbocycles. The number of benzene rings is 1. The van der Waals surface area contributed by atoms with Gasteiger partial charge >= 0.3 is 0 Å².